The molecule has 0 saturated carbocycles. The van der Waals surface area contributed by atoms with E-state index < -0.39 is 5.97 Å². The first-order valence-corrected chi connectivity index (χ1v) is 7.81. The van der Waals surface area contributed by atoms with Gasteiger partial charge in [0.1, 0.15) is 17.2 Å². The molecule has 0 aliphatic rings. The molecule has 2 aromatic heterocycles. The molecule has 0 radical (unpaired) electrons. The summed E-state index contributed by atoms with van der Waals surface area (Å²) in [5, 5.41) is 8.85. The molecule has 24 heavy (non-hydrogen) atoms. The van der Waals surface area contributed by atoms with Crippen molar-refractivity contribution in [3.05, 3.63) is 59.3 Å². The molecular weight excluding hydrogens is 309 g/mol. The quantitative estimate of drug-likeness (QED) is 0.754. The molecule has 0 saturated heterocycles. The summed E-state index contributed by atoms with van der Waals surface area (Å²) in [7, 11) is 0. The predicted octanol–water partition coefficient (Wildman–Crippen LogP) is 3.33. The number of halogens is 1. The Morgan fingerprint density at radius 1 is 1.29 bits per heavy atom. The summed E-state index contributed by atoms with van der Waals surface area (Å²) in [5.74, 6) is -0.283. The number of hydrogen-bond donors (Lipinski definition) is 1. The number of pyridine rings is 1. The molecule has 0 fully saturated rings. The van der Waals surface area contributed by atoms with Gasteiger partial charge in [0.15, 0.2) is 5.65 Å². The summed E-state index contributed by atoms with van der Waals surface area (Å²) in [6, 6.07) is 8.28. The van der Waals surface area contributed by atoms with Gasteiger partial charge >= 0.3 is 5.97 Å². The van der Waals surface area contributed by atoms with E-state index in [4.69, 9.17) is 5.11 Å². The van der Waals surface area contributed by atoms with Crippen molar-refractivity contribution in [3.63, 3.8) is 0 Å². The third-order valence-corrected chi connectivity index (χ3v) is 3.85. The first-order chi connectivity index (χ1) is 11.5. The van der Waals surface area contributed by atoms with Crippen molar-refractivity contribution in [2.75, 3.05) is 0 Å². The van der Waals surface area contributed by atoms with E-state index >= 15 is 0 Å². The van der Waals surface area contributed by atoms with E-state index in [1.54, 1.807) is 18.3 Å². The first kappa shape index (κ1) is 16.1. The van der Waals surface area contributed by atoms with E-state index in [9.17, 15) is 9.18 Å². The lowest BCUT2D eigenvalue weighted by Gasteiger charge is -2.08. The van der Waals surface area contributed by atoms with Crippen LogP contribution < -0.4 is 0 Å². The fourth-order valence-electron chi connectivity index (χ4n) is 2.70. The van der Waals surface area contributed by atoms with Crippen molar-refractivity contribution >= 4 is 17.1 Å². The number of aryl methyl sites for hydroxylation is 2. The predicted molar refractivity (Wildman–Crippen MR) is 88.3 cm³/mol. The Morgan fingerprint density at radius 3 is 2.75 bits per heavy atom. The molecule has 0 aliphatic heterocycles. The van der Waals surface area contributed by atoms with Gasteiger partial charge in [-0.05, 0) is 42.7 Å². The molecule has 0 aliphatic carbocycles. The maximum atomic E-state index is 13.1. The van der Waals surface area contributed by atoms with E-state index in [1.165, 1.54) is 12.1 Å². The van der Waals surface area contributed by atoms with Crippen LogP contribution in [0.15, 0.2) is 36.5 Å². The number of fused-ring (bicyclic) bond motifs is 1. The van der Waals surface area contributed by atoms with E-state index in [0.29, 0.717) is 19.4 Å². The molecule has 3 rings (SSSR count). The molecule has 3 aromatic rings. The van der Waals surface area contributed by atoms with Gasteiger partial charge in [-0.25, -0.2) is 14.4 Å². The maximum Gasteiger partial charge on any atom is 0.303 e. The van der Waals surface area contributed by atoms with Gasteiger partial charge in [-0.1, -0.05) is 12.1 Å². The molecule has 6 heteroatoms. The highest BCUT2D eigenvalue weighted by Gasteiger charge is 2.13. The Hall–Kier alpha value is -2.76. The van der Waals surface area contributed by atoms with Crippen LogP contribution in [0, 0.1) is 12.7 Å². The summed E-state index contributed by atoms with van der Waals surface area (Å²) < 4.78 is 15.0. The van der Waals surface area contributed by atoms with Gasteiger partial charge in [0, 0.05) is 25.6 Å². The molecule has 2 heterocycles. The van der Waals surface area contributed by atoms with Crippen LogP contribution in [0.1, 0.15) is 29.8 Å². The van der Waals surface area contributed by atoms with Crippen LogP contribution in [-0.4, -0.2) is 25.6 Å². The zero-order valence-electron chi connectivity index (χ0n) is 13.4. The minimum absolute atomic E-state index is 0.0987. The standard InChI is InChI=1S/C18H18FN3O2/c1-12-9-15-18(20-11-12)22(8-2-3-17(23)24)16(21-15)10-13-4-6-14(19)7-5-13/h4-7,9,11H,2-3,8,10H2,1H3,(H,23,24). The topological polar surface area (TPSA) is 68.0 Å². The second-order valence-electron chi connectivity index (χ2n) is 5.84. The second-order valence-corrected chi connectivity index (χ2v) is 5.84. The van der Waals surface area contributed by atoms with Gasteiger partial charge in [-0.3, -0.25) is 4.79 Å². The van der Waals surface area contributed by atoms with Gasteiger partial charge in [0.2, 0.25) is 0 Å². The summed E-state index contributed by atoms with van der Waals surface area (Å²) >= 11 is 0. The molecule has 0 atom stereocenters. The van der Waals surface area contributed by atoms with Crippen LogP contribution in [0.25, 0.3) is 11.2 Å². The van der Waals surface area contributed by atoms with Crippen LogP contribution in [0.4, 0.5) is 4.39 Å². The van der Waals surface area contributed by atoms with Crippen LogP contribution >= 0.6 is 0 Å². The van der Waals surface area contributed by atoms with E-state index in [2.05, 4.69) is 9.97 Å². The van der Waals surface area contributed by atoms with Gasteiger partial charge in [0.05, 0.1) is 0 Å². The molecule has 0 unspecified atom stereocenters. The number of carbonyl (C=O) groups is 1. The smallest absolute Gasteiger partial charge is 0.303 e. The van der Waals surface area contributed by atoms with Crippen LogP contribution in [0.2, 0.25) is 0 Å². The number of aliphatic carboxylic acids is 1. The second kappa shape index (κ2) is 6.78. The molecule has 0 amide bonds. The summed E-state index contributed by atoms with van der Waals surface area (Å²) in [6.45, 7) is 2.49. The maximum absolute atomic E-state index is 13.1. The van der Waals surface area contributed by atoms with Crippen LogP contribution in [0.3, 0.4) is 0 Å². The largest absolute Gasteiger partial charge is 0.481 e. The third-order valence-electron chi connectivity index (χ3n) is 3.85. The highest BCUT2D eigenvalue weighted by atomic mass is 19.1. The summed E-state index contributed by atoms with van der Waals surface area (Å²) in [5.41, 5.74) is 3.51. The Kier molecular flexibility index (Phi) is 4.55. The zero-order chi connectivity index (χ0) is 17.1. The monoisotopic (exact) mass is 327 g/mol. The molecule has 0 bridgehead atoms. The van der Waals surface area contributed by atoms with Crippen molar-refractivity contribution in [1.29, 1.82) is 0 Å². The number of benzene rings is 1. The first-order valence-electron chi connectivity index (χ1n) is 7.81. The Labute approximate surface area is 138 Å². The lowest BCUT2D eigenvalue weighted by atomic mass is 10.1. The van der Waals surface area contributed by atoms with Gasteiger partial charge in [0.25, 0.3) is 0 Å². The molecule has 5 nitrogen and oxygen atoms in total. The lowest BCUT2D eigenvalue weighted by molar-refractivity contribution is -0.137. The fraction of sp³-hybridized carbons (Fsp3) is 0.278. The fourth-order valence-corrected chi connectivity index (χ4v) is 2.70. The third kappa shape index (κ3) is 3.59. The highest BCUT2D eigenvalue weighted by Crippen LogP contribution is 2.19. The zero-order valence-corrected chi connectivity index (χ0v) is 13.4. The number of carboxylic acid groups (broad SMARTS) is 1. The Morgan fingerprint density at radius 2 is 2.04 bits per heavy atom. The van der Waals surface area contributed by atoms with Crippen molar-refractivity contribution in [1.82, 2.24) is 14.5 Å². The van der Waals surface area contributed by atoms with Gasteiger partial charge < -0.3 is 9.67 Å². The summed E-state index contributed by atoms with van der Waals surface area (Å²) in [4.78, 5) is 19.9. The average Bonchev–Trinajstić information content (AvgIpc) is 2.86. The van der Waals surface area contributed by atoms with Crippen molar-refractivity contribution in [3.8, 4) is 0 Å². The molecule has 1 N–H and O–H groups in total. The van der Waals surface area contributed by atoms with Crippen molar-refractivity contribution in [2.45, 2.75) is 32.7 Å². The molecule has 124 valence electrons. The SMILES string of the molecule is Cc1cnc2c(c1)nc(Cc1ccc(F)cc1)n2CCCC(=O)O. The van der Waals surface area contributed by atoms with Crippen LogP contribution in [0.5, 0.6) is 0 Å². The Bertz CT molecular complexity index is 872. The summed E-state index contributed by atoms with van der Waals surface area (Å²) in [6.07, 6.45) is 2.93. The highest BCUT2D eigenvalue weighted by molar-refractivity contribution is 5.72. The number of imidazole rings is 1. The normalized spacial score (nSPS) is 11.1. The number of hydrogen-bond acceptors (Lipinski definition) is 3. The van der Waals surface area contributed by atoms with Crippen LogP contribution in [-0.2, 0) is 17.8 Å². The average molecular weight is 327 g/mol. The number of rotatable bonds is 6. The van der Waals surface area contributed by atoms with Crippen molar-refractivity contribution < 1.29 is 14.3 Å². The Balaban J connectivity index is 1.94. The van der Waals surface area contributed by atoms with Gasteiger partial charge in [-0.15, -0.1) is 0 Å². The van der Waals surface area contributed by atoms with Gasteiger partial charge in [-0.2, -0.15) is 0 Å². The van der Waals surface area contributed by atoms with E-state index in [0.717, 1.165) is 28.1 Å². The minimum Gasteiger partial charge on any atom is -0.481 e. The minimum atomic E-state index is -0.816. The van der Waals surface area contributed by atoms with Crippen molar-refractivity contribution in [2.24, 2.45) is 0 Å². The van der Waals surface area contributed by atoms with E-state index in [1.807, 2.05) is 17.6 Å². The molecule has 0 spiro atoms. The lowest BCUT2D eigenvalue weighted by Crippen LogP contribution is -2.07. The van der Waals surface area contributed by atoms with E-state index in [-0.39, 0.29) is 12.2 Å². The number of aromatic nitrogens is 3. The molecular formula is C18H18FN3O2. The number of carboxylic acids is 1. The molecule has 1 aromatic carbocycles. The number of nitrogens with zero attached hydrogens (tertiary/aromatic N) is 3.